The summed E-state index contributed by atoms with van der Waals surface area (Å²) in [6.45, 7) is 0.358. The third-order valence-corrected chi connectivity index (χ3v) is 4.57. The molecule has 0 bridgehead atoms. The van der Waals surface area contributed by atoms with Crippen molar-refractivity contribution in [3.05, 3.63) is 28.1 Å². The molecule has 1 saturated carbocycles. The molecule has 2 aliphatic rings. The zero-order chi connectivity index (χ0) is 15.0. The van der Waals surface area contributed by atoms with Gasteiger partial charge in [-0.3, -0.25) is 10.1 Å². The van der Waals surface area contributed by atoms with Gasteiger partial charge in [-0.15, -0.1) is 0 Å². The molecule has 1 aliphatic heterocycles. The van der Waals surface area contributed by atoms with Gasteiger partial charge in [-0.05, 0) is 25.7 Å². The van der Waals surface area contributed by atoms with Crippen molar-refractivity contribution in [3.8, 4) is 0 Å². The fourth-order valence-electron chi connectivity index (χ4n) is 3.56. The maximum absolute atomic E-state index is 11.2. The third-order valence-electron chi connectivity index (χ3n) is 4.57. The van der Waals surface area contributed by atoms with Crippen molar-refractivity contribution >= 4 is 11.7 Å². The number of carboxylic acid groups (broad SMARTS) is 1. The lowest BCUT2D eigenvalue weighted by molar-refractivity contribution is -0.384. The minimum atomic E-state index is -1.16. The highest BCUT2D eigenvalue weighted by Crippen LogP contribution is 2.43. The Bertz CT molecular complexity index is 574. The van der Waals surface area contributed by atoms with Crippen LogP contribution in [0.4, 0.5) is 5.69 Å². The zero-order valence-electron chi connectivity index (χ0n) is 11.7. The van der Waals surface area contributed by atoms with E-state index in [1.54, 1.807) is 0 Å². The molecule has 21 heavy (non-hydrogen) atoms. The van der Waals surface area contributed by atoms with Crippen LogP contribution in [0, 0.1) is 10.1 Å². The maximum atomic E-state index is 11.2. The molecule has 2 heterocycles. The lowest BCUT2D eigenvalue weighted by Gasteiger charge is -2.24. The molecule has 1 aromatic heterocycles. The monoisotopic (exact) mass is 294 g/mol. The predicted molar refractivity (Wildman–Crippen MR) is 73.4 cm³/mol. The topological polar surface area (TPSA) is 94.6 Å². The minimum absolute atomic E-state index is 0.0207. The van der Waals surface area contributed by atoms with Crippen molar-refractivity contribution in [3.63, 3.8) is 0 Å². The summed E-state index contributed by atoms with van der Waals surface area (Å²) in [7, 11) is 0. The largest absolute Gasteiger partial charge is 0.477 e. The summed E-state index contributed by atoms with van der Waals surface area (Å²) in [6, 6.07) is 1.10. The van der Waals surface area contributed by atoms with Gasteiger partial charge in [0.05, 0.1) is 22.8 Å². The number of nitro groups is 1. The lowest BCUT2D eigenvalue weighted by atomic mass is 9.98. The van der Waals surface area contributed by atoms with Crippen LogP contribution >= 0.6 is 0 Å². The Hall–Kier alpha value is -1.89. The summed E-state index contributed by atoms with van der Waals surface area (Å²) < 4.78 is 7.56. The van der Waals surface area contributed by atoms with Crippen LogP contribution in [0.15, 0.2) is 12.3 Å². The van der Waals surface area contributed by atoms with Crippen LogP contribution in [0.3, 0.4) is 0 Å². The average molecular weight is 294 g/mol. The van der Waals surface area contributed by atoms with E-state index >= 15 is 0 Å². The SMILES string of the molecule is O=C(O)c1cc([N+](=O)[O-])cn1CC1CCC2(CCCC2)O1. The first-order valence-corrected chi connectivity index (χ1v) is 7.25. The number of carboxylic acids is 1. The summed E-state index contributed by atoms with van der Waals surface area (Å²) in [6.07, 6.45) is 7.61. The first kappa shape index (κ1) is 14.1. The van der Waals surface area contributed by atoms with Crippen molar-refractivity contribution in [2.75, 3.05) is 0 Å². The molecule has 3 rings (SSSR count). The lowest BCUT2D eigenvalue weighted by Crippen LogP contribution is -2.27. The Balaban J connectivity index is 1.75. The fourth-order valence-corrected chi connectivity index (χ4v) is 3.56. The molecule has 1 saturated heterocycles. The maximum Gasteiger partial charge on any atom is 0.352 e. The van der Waals surface area contributed by atoms with Crippen molar-refractivity contribution in [1.82, 2.24) is 4.57 Å². The van der Waals surface area contributed by atoms with Crippen LogP contribution in [0.25, 0.3) is 0 Å². The number of hydrogen-bond donors (Lipinski definition) is 1. The van der Waals surface area contributed by atoms with Gasteiger partial charge in [0.2, 0.25) is 0 Å². The summed E-state index contributed by atoms with van der Waals surface area (Å²) in [5, 5.41) is 20.0. The quantitative estimate of drug-likeness (QED) is 0.680. The van der Waals surface area contributed by atoms with Gasteiger partial charge in [0.1, 0.15) is 5.69 Å². The Morgan fingerprint density at radius 1 is 1.48 bits per heavy atom. The molecule has 1 aromatic rings. The predicted octanol–water partition coefficient (Wildman–Crippen LogP) is 2.59. The molecule has 0 aromatic carbocycles. The highest BCUT2D eigenvalue weighted by molar-refractivity contribution is 5.86. The van der Waals surface area contributed by atoms with Gasteiger partial charge < -0.3 is 14.4 Å². The molecule has 1 spiro atoms. The van der Waals surface area contributed by atoms with Crippen LogP contribution in [-0.2, 0) is 11.3 Å². The van der Waals surface area contributed by atoms with Gasteiger partial charge in [0, 0.05) is 12.6 Å². The fraction of sp³-hybridized carbons (Fsp3) is 0.643. The standard InChI is InChI=1S/C14H18N2O5/c17-13(18)12-7-10(16(19)20)8-15(12)9-11-3-6-14(21-11)4-1-2-5-14/h7-8,11H,1-6,9H2,(H,17,18). The molecule has 1 atom stereocenters. The van der Waals surface area contributed by atoms with Crippen molar-refractivity contribution in [1.29, 1.82) is 0 Å². The molecular formula is C14H18N2O5. The van der Waals surface area contributed by atoms with Crippen molar-refractivity contribution < 1.29 is 19.6 Å². The van der Waals surface area contributed by atoms with Gasteiger partial charge in [0.15, 0.2) is 0 Å². The molecule has 2 fully saturated rings. The number of ether oxygens (including phenoxy) is 1. The first-order valence-electron chi connectivity index (χ1n) is 7.25. The first-order chi connectivity index (χ1) is 9.99. The van der Waals surface area contributed by atoms with Gasteiger partial charge in [-0.2, -0.15) is 0 Å². The smallest absolute Gasteiger partial charge is 0.352 e. The Kier molecular flexibility index (Phi) is 3.44. The molecule has 1 aliphatic carbocycles. The molecule has 1 unspecified atom stereocenters. The molecule has 1 N–H and O–H groups in total. The number of carbonyl (C=O) groups is 1. The number of hydrogen-bond acceptors (Lipinski definition) is 4. The summed E-state index contributed by atoms with van der Waals surface area (Å²) >= 11 is 0. The van der Waals surface area contributed by atoms with E-state index in [1.807, 2.05) is 0 Å². The second-order valence-corrected chi connectivity index (χ2v) is 5.97. The van der Waals surface area contributed by atoms with Gasteiger partial charge in [-0.1, -0.05) is 12.8 Å². The van der Waals surface area contributed by atoms with E-state index in [0.29, 0.717) is 6.54 Å². The van der Waals surface area contributed by atoms with E-state index < -0.39 is 10.9 Å². The van der Waals surface area contributed by atoms with E-state index in [1.165, 1.54) is 23.6 Å². The summed E-state index contributed by atoms with van der Waals surface area (Å²) in [5.74, 6) is -1.16. The second kappa shape index (κ2) is 5.14. The molecule has 7 nitrogen and oxygen atoms in total. The van der Waals surface area contributed by atoms with E-state index in [9.17, 15) is 14.9 Å². The molecule has 114 valence electrons. The van der Waals surface area contributed by atoms with Crippen LogP contribution in [-0.4, -0.2) is 32.3 Å². The number of nitrogens with zero attached hydrogens (tertiary/aromatic N) is 2. The van der Waals surface area contributed by atoms with Crippen LogP contribution in [0.2, 0.25) is 0 Å². The summed E-state index contributed by atoms with van der Waals surface area (Å²) in [4.78, 5) is 21.4. The van der Waals surface area contributed by atoms with E-state index in [0.717, 1.165) is 31.7 Å². The molecule has 0 radical (unpaired) electrons. The van der Waals surface area contributed by atoms with Gasteiger partial charge in [0.25, 0.3) is 5.69 Å². The Morgan fingerprint density at radius 2 is 2.19 bits per heavy atom. The van der Waals surface area contributed by atoms with E-state index in [4.69, 9.17) is 9.84 Å². The average Bonchev–Trinajstić information content (AvgIpc) is 3.12. The Labute approximate surface area is 121 Å². The zero-order valence-corrected chi connectivity index (χ0v) is 11.7. The summed E-state index contributed by atoms with van der Waals surface area (Å²) in [5.41, 5.74) is -0.272. The van der Waals surface area contributed by atoms with Gasteiger partial charge in [-0.25, -0.2) is 4.79 Å². The highest BCUT2D eigenvalue weighted by Gasteiger charge is 2.42. The van der Waals surface area contributed by atoms with Crippen LogP contribution in [0.5, 0.6) is 0 Å². The molecular weight excluding hydrogens is 276 g/mol. The normalized spacial score (nSPS) is 23.7. The number of aromatic nitrogens is 1. The number of aromatic carboxylic acids is 1. The molecule has 0 amide bonds. The van der Waals surface area contributed by atoms with Crippen molar-refractivity contribution in [2.45, 2.75) is 56.8 Å². The van der Waals surface area contributed by atoms with Crippen molar-refractivity contribution in [2.24, 2.45) is 0 Å². The molecule has 7 heteroatoms. The van der Waals surface area contributed by atoms with Gasteiger partial charge >= 0.3 is 5.97 Å². The highest BCUT2D eigenvalue weighted by atomic mass is 16.6. The van der Waals surface area contributed by atoms with Crippen LogP contribution in [0.1, 0.15) is 49.0 Å². The third kappa shape index (κ3) is 2.65. The number of rotatable bonds is 4. The Morgan fingerprint density at radius 3 is 2.81 bits per heavy atom. The second-order valence-electron chi connectivity index (χ2n) is 5.97. The van der Waals surface area contributed by atoms with E-state index in [2.05, 4.69) is 0 Å². The van der Waals surface area contributed by atoms with E-state index in [-0.39, 0.29) is 23.1 Å². The minimum Gasteiger partial charge on any atom is -0.477 e. The van der Waals surface area contributed by atoms with Crippen LogP contribution < -0.4 is 0 Å².